The Labute approximate surface area is 156 Å². The van der Waals surface area contributed by atoms with E-state index >= 15 is 0 Å². The topological polar surface area (TPSA) is 74.6 Å². The lowest BCUT2D eigenvalue weighted by Crippen LogP contribution is -2.20. The lowest BCUT2D eigenvalue weighted by Gasteiger charge is -2.09. The molecule has 0 saturated carbocycles. The summed E-state index contributed by atoms with van der Waals surface area (Å²) in [4.78, 5) is 21.5. The minimum Gasteiger partial charge on any atom is -0.481 e. The lowest BCUT2D eigenvalue weighted by atomic mass is 10.1. The summed E-state index contributed by atoms with van der Waals surface area (Å²) in [6.07, 6.45) is 4.79. The van der Waals surface area contributed by atoms with Crippen molar-refractivity contribution in [1.82, 2.24) is 0 Å². The van der Waals surface area contributed by atoms with Crippen LogP contribution in [0.25, 0.3) is 0 Å². The van der Waals surface area contributed by atoms with E-state index in [1.165, 1.54) is 11.8 Å². The van der Waals surface area contributed by atoms with Gasteiger partial charge in [0, 0.05) is 15.8 Å². The molecule has 0 aliphatic rings. The van der Waals surface area contributed by atoms with Crippen LogP contribution in [0.5, 0.6) is 0 Å². The van der Waals surface area contributed by atoms with Gasteiger partial charge >= 0.3 is 11.9 Å². The van der Waals surface area contributed by atoms with Crippen molar-refractivity contribution in [3.63, 3.8) is 0 Å². The molecule has 1 unspecified atom stereocenters. The van der Waals surface area contributed by atoms with Gasteiger partial charge in [-0.15, -0.1) is 0 Å². The third kappa shape index (κ3) is 8.81. The Morgan fingerprint density at radius 3 is 2.42 bits per heavy atom. The van der Waals surface area contributed by atoms with Gasteiger partial charge in [-0.2, -0.15) is 11.8 Å². The molecule has 0 fully saturated rings. The normalized spacial score (nSPS) is 12.1. The zero-order valence-corrected chi connectivity index (χ0v) is 15.7. The molecule has 2 N–H and O–H groups in total. The number of carboxylic acids is 2. The standard InChI is InChI=1S/C17H22Cl2O4S/c18-14-7-6-12(15(19)10-14)5-3-1-2-4-8-24-11-13(17(22)23)9-16(20)21/h6-7,10,13H,1-5,8-9,11H2,(H,20,21)(H,22,23). The Kier molecular flexibility index (Phi) is 10.2. The molecule has 0 bridgehead atoms. The number of rotatable bonds is 12. The summed E-state index contributed by atoms with van der Waals surface area (Å²) in [6, 6.07) is 5.55. The first-order valence-electron chi connectivity index (χ1n) is 7.86. The molecular formula is C17H22Cl2O4S. The Morgan fingerprint density at radius 1 is 1.08 bits per heavy atom. The van der Waals surface area contributed by atoms with Crippen LogP contribution in [-0.4, -0.2) is 33.7 Å². The maximum Gasteiger partial charge on any atom is 0.307 e. The van der Waals surface area contributed by atoms with E-state index in [1.54, 1.807) is 6.07 Å². The average molecular weight is 393 g/mol. The van der Waals surface area contributed by atoms with Crippen molar-refractivity contribution in [2.24, 2.45) is 5.92 Å². The van der Waals surface area contributed by atoms with Crippen molar-refractivity contribution in [1.29, 1.82) is 0 Å². The van der Waals surface area contributed by atoms with Crippen LogP contribution in [0, 0.1) is 5.92 Å². The lowest BCUT2D eigenvalue weighted by molar-refractivity contribution is -0.147. The average Bonchev–Trinajstić information content (AvgIpc) is 2.49. The Morgan fingerprint density at radius 2 is 1.79 bits per heavy atom. The van der Waals surface area contributed by atoms with Gasteiger partial charge in [0.05, 0.1) is 12.3 Å². The molecule has 1 rings (SSSR count). The molecule has 0 radical (unpaired) electrons. The third-order valence-corrected chi connectivity index (χ3v) is 5.39. The maximum atomic E-state index is 10.9. The van der Waals surface area contributed by atoms with Crippen LogP contribution in [0.2, 0.25) is 10.0 Å². The van der Waals surface area contributed by atoms with Crippen molar-refractivity contribution >= 4 is 46.9 Å². The highest BCUT2D eigenvalue weighted by Gasteiger charge is 2.20. The van der Waals surface area contributed by atoms with Gasteiger partial charge in [-0.25, -0.2) is 0 Å². The summed E-state index contributed by atoms with van der Waals surface area (Å²) in [6.45, 7) is 0. The molecule has 1 aromatic carbocycles. The SMILES string of the molecule is O=C(O)CC(CSCCCCCCc1ccc(Cl)cc1Cl)C(=O)O. The van der Waals surface area contributed by atoms with Gasteiger partial charge in [-0.1, -0.05) is 42.1 Å². The minimum absolute atomic E-state index is 0.315. The molecule has 0 amide bonds. The van der Waals surface area contributed by atoms with Crippen molar-refractivity contribution in [2.45, 2.75) is 38.5 Å². The molecule has 0 spiro atoms. The molecule has 7 heteroatoms. The largest absolute Gasteiger partial charge is 0.481 e. The Bertz CT molecular complexity index is 551. The first-order valence-corrected chi connectivity index (χ1v) is 9.77. The van der Waals surface area contributed by atoms with Crippen molar-refractivity contribution < 1.29 is 19.8 Å². The highest BCUT2D eigenvalue weighted by molar-refractivity contribution is 7.99. The quantitative estimate of drug-likeness (QED) is 0.489. The predicted molar refractivity (Wildman–Crippen MR) is 99.3 cm³/mol. The highest BCUT2D eigenvalue weighted by Crippen LogP contribution is 2.23. The fraction of sp³-hybridized carbons (Fsp3) is 0.529. The maximum absolute atomic E-state index is 10.9. The second-order valence-corrected chi connectivity index (χ2v) is 7.60. The first kappa shape index (κ1) is 21.1. The number of hydrogen-bond donors (Lipinski definition) is 2. The molecule has 0 saturated heterocycles. The number of carboxylic acid groups (broad SMARTS) is 2. The zero-order chi connectivity index (χ0) is 17.9. The summed E-state index contributed by atoms with van der Waals surface area (Å²) in [5, 5.41) is 19.0. The van der Waals surface area contributed by atoms with Crippen LogP contribution in [0.1, 0.15) is 37.7 Å². The highest BCUT2D eigenvalue weighted by atomic mass is 35.5. The van der Waals surface area contributed by atoms with E-state index in [2.05, 4.69) is 0 Å². The predicted octanol–water partition coefficient (Wildman–Crippen LogP) is 5.01. The zero-order valence-electron chi connectivity index (χ0n) is 13.3. The molecule has 1 atom stereocenters. The second kappa shape index (κ2) is 11.6. The van der Waals surface area contributed by atoms with E-state index in [0.29, 0.717) is 15.8 Å². The molecule has 0 heterocycles. The number of benzene rings is 1. The van der Waals surface area contributed by atoms with Crippen LogP contribution in [-0.2, 0) is 16.0 Å². The molecule has 0 aromatic heterocycles. The van der Waals surface area contributed by atoms with Gasteiger partial charge < -0.3 is 10.2 Å². The number of halogens is 2. The summed E-state index contributed by atoms with van der Waals surface area (Å²) < 4.78 is 0. The molecule has 4 nitrogen and oxygen atoms in total. The van der Waals surface area contributed by atoms with Crippen LogP contribution < -0.4 is 0 Å². The molecule has 134 valence electrons. The number of carbonyl (C=O) groups is 2. The smallest absolute Gasteiger partial charge is 0.307 e. The number of aryl methyl sites for hydroxylation is 1. The fourth-order valence-electron chi connectivity index (χ4n) is 2.25. The van der Waals surface area contributed by atoms with E-state index in [-0.39, 0.29) is 6.42 Å². The third-order valence-electron chi connectivity index (χ3n) is 3.59. The summed E-state index contributed by atoms with van der Waals surface area (Å²) in [7, 11) is 0. The van der Waals surface area contributed by atoms with E-state index in [1.807, 2.05) is 12.1 Å². The van der Waals surface area contributed by atoms with Crippen LogP contribution in [0.4, 0.5) is 0 Å². The summed E-state index contributed by atoms with van der Waals surface area (Å²) in [5.74, 6) is -1.71. The molecule has 1 aromatic rings. The first-order chi connectivity index (χ1) is 11.4. The molecular weight excluding hydrogens is 371 g/mol. The Hall–Kier alpha value is -0.910. The van der Waals surface area contributed by atoms with Crippen LogP contribution >= 0.6 is 35.0 Å². The van der Waals surface area contributed by atoms with Gasteiger partial charge in [0.15, 0.2) is 0 Å². The summed E-state index contributed by atoms with van der Waals surface area (Å²) >= 11 is 13.5. The van der Waals surface area contributed by atoms with Crippen molar-refractivity contribution in [3.8, 4) is 0 Å². The second-order valence-electron chi connectivity index (χ2n) is 5.61. The van der Waals surface area contributed by atoms with Crippen molar-refractivity contribution in [3.05, 3.63) is 33.8 Å². The molecule has 0 aliphatic heterocycles. The monoisotopic (exact) mass is 392 g/mol. The van der Waals surface area contributed by atoms with E-state index in [4.69, 9.17) is 33.4 Å². The van der Waals surface area contributed by atoms with Gasteiger partial charge in [-0.3, -0.25) is 9.59 Å². The van der Waals surface area contributed by atoms with E-state index in [9.17, 15) is 9.59 Å². The molecule has 24 heavy (non-hydrogen) atoms. The fourth-order valence-corrected chi connectivity index (χ4v) is 3.87. The van der Waals surface area contributed by atoms with Gasteiger partial charge in [-0.05, 0) is 42.7 Å². The summed E-state index contributed by atoms with van der Waals surface area (Å²) in [5.41, 5.74) is 1.11. The van der Waals surface area contributed by atoms with Gasteiger partial charge in [0.1, 0.15) is 0 Å². The number of thioether (sulfide) groups is 1. The van der Waals surface area contributed by atoms with Gasteiger partial charge in [0.25, 0.3) is 0 Å². The Balaban J connectivity index is 2.09. The van der Waals surface area contributed by atoms with Crippen molar-refractivity contribution in [2.75, 3.05) is 11.5 Å². The number of aliphatic carboxylic acids is 2. The molecule has 0 aliphatic carbocycles. The van der Waals surface area contributed by atoms with Gasteiger partial charge in [0.2, 0.25) is 0 Å². The minimum atomic E-state index is -1.07. The van der Waals surface area contributed by atoms with E-state index < -0.39 is 17.9 Å². The van der Waals surface area contributed by atoms with Crippen LogP contribution in [0.3, 0.4) is 0 Å². The van der Waals surface area contributed by atoms with E-state index in [0.717, 1.165) is 43.4 Å². The number of unbranched alkanes of at least 4 members (excludes halogenated alkanes) is 3. The van der Waals surface area contributed by atoms with Crippen LogP contribution in [0.15, 0.2) is 18.2 Å². The number of hydrogen-bond acceptors (Lipinski definition) is 3.